The Labute approximate surface area is 161 Å². The van der Waals surface area contributed by atoms with Gasteiger partial charge in [-0.2, -0.15) is 0 Å². The highest BCUT2D eigenvalue weighted by molar-refractivity contribution is 6.22. The topological polar surface area (TPSA) is 110 Å². The third-order valence-electron chi connectivity index (χ3n) is 4.61. The molecule has 1 aliphatic heterocycles. The molecule has 1 N–H and O–H groups in total. The van der Waals surface area contributed by atoms with Crippen LogP contribution in [0.5, 0.6) is 0 Å². The molecule has 3 amide bonds. The molecule has 1 heterocycles. The summed E-state index contributed by atoms with van der Waals surface area (Å²) >= 11 is 0. The van der Waals surface area contributed by atoms with Crippen molar-refractivity contribution >= 4 is 23.4 Å². The summed E-state index contributed by atoms with van der Waals surface area (Å²) in [4.78, 5) is 48.6. The van der Waals surface area contributed by atoms with Crippen molar-refractivity contribution in [1.82, 2.24) is 10.2 Å². The van der Waals surface area contributed by atoms with Crippen LogP contribution in [0.1, 0.15) is 46.2 Å². The van der Waals surface area contributed by atoms with Gasteiger partial charge >= 0.3 is 0 Å². The second-order valence-electron chi connectivity index (χ2n) is 6.88. The molecular formula is C20H19N3O5. The van der Waals surface area contributed by atoms with Gasteiger partial charge in [0.2, 0.25) is 5.91 Å². The minimum atomic E-state index is -0.709. The number of carbonyl (C=O) groups is 3. The maximum absolute atomic E-state index is 12.5. The lowest BCUT2D eigenvalue weighted by molar-refractivity contribution is -0.384. The van der Waals surface area contributed by atoms with Gasteiger partial charge < -0.3 is 5.32 Å². The van der Waals surface area contributed by atoms with Crippen LogP contribution in [0.4, 0.5) is 5.69 Å². The van der Waals surface area contributed by atoms with Crippen molar-refractivity contribution in [3.8, 4) is 0 Å². The van der Waals surface area contributed by atoms with Crippen LogP contribution in [-0.4, -0.2) is 34.1 Å². The van der Waals surface area contributed by atoms with E-state index in [0.29, 0.717) is 0 Å². The number of nitro groups is 1. The fourth-order valence-corrected chi connectivity index (χ4v) is 3.19. The van der Waals surface area contributed by atoms with E-state index in [0.717, 1.165) is 22.6 Å². The van der Waals surface area contributed by atoms with E-state index < -0.39 is 29.2 Å². The predicted molar refractivity (Wildman–Crippen MR) is 101 cm³/mol. The molecule has 0 aromatic heterocycles. The average Bonchev–Trinajstić information content (AvgIpc) is 2.91. The number of nitrogens with one attached hydrogen (secondary N) is 1. The number of carbonyl (C=O) groups excluding carboxylic acids is 3. The molecule has 0 fully saturated rings. The van der Waals surface area contributed by atoms with Crippen molar-refractivity contribution in [3.05, 3.63) is 75.3 Å². The van der Waals surface area contributed by atoms with E-state index in [1.165, 1.54) is 6.07 Å². The molecule has 144 valence electrons. The summed E-state index contributed by atoms with van der Waals surface area (Å²) in [7, 11) is 0. The maximum Gasteiger partial charge on any atom is 0.270 e. The van der Waals surface area contributed by atoms with Crippen LogP contribution < -0.4 is 5.32 Å². The van der Waals surface area contributed by atoms with Gasteiger partial charge in [0.05, 0.1) is 22.1 Å². The molecule has 2 aromatic rings. The summed E-state index contributed by atoms with van der Waals surface area (Å²) in [5.74, 6) is -1.73. The standard InChI is InChI=1S/C20H19N3O5/c1-12(2)18(13-6-4-3-5-7-13)21-17(24)11-22-19(25)15-9-8-14(23(27)28)10-16(15)20(22)26/h3-10,12,18H,11H2,1-2H3,(H,21,24). The Kier molecular flexibility index (Phi) is 5.21. The molecule has 0 bridgehead atoms. The number of hydrogen-bond acceptors (Lipinski definition) is 5. The maximum atomic E-state index is 12.5. The zero-order chi connectivity index (χ0) is 20.4. The van der Waals surface area contributed by atoms with Crippen LogP contribution >= 0.6 is 0 Å². The first-order valence-electron chi connectivity index (χ1n) is 8.78. The normalized spacial score (nSPS) is 14.2. The molecule has 0 spiro atoms. The van der Waals surface area contributed by atoms with Gasteiger partial charge in [-0.1, -0.05) is 44.2 Å². The van der Waals surface area contributed by atoms with E-state index in [4.69, 9.17) is 0 Å². The Morgan fingerprint density at radius 1 is 1.07 bits per heavy atom. The fraction of sp³-hybridized carbons (Fsp3) is 0.250. The number of nitro benzene ring substituents is 1. The fourth-order valence-electron chi connectivity index (χ4n) is 3.19. The number of non-ortho nitro benzene ring substituents is 1. The zero-order valence-corrected chi connectivity index (χ0v) is 15.4. The largest absolute Gasteiger partial charge is 0.347 e. The minimum absolute atomic E-state index is 0.0598. The molecule has 3 rings (SSSR count). The van der Waals surface area contributed by atoms with E-state index in [1.54, 1.807) is 0 Å². The summed E-state index contributed by atoms with van der Waals surface area (Å²) in [6, 6.07) is 12.6. The summed E-state index contributed by atoms with van der Waals surface area (Å²) < 4.78 is 0. The third-order valence-corrected chi connectivity index (χ3v) is 4.61. The van der Waals surface area contributed by atoms with Gasteiger partial charge in [-0.3, -0.25) is 29.4 Å². The lowest BCUT2D eigenvalue weighted by atomic mass is 9.96. The molecule has 28 heavy (non-hydrogen) atoms. The van der Waals surface area contributed by atoms with Crippen LogP contribution in [0.15, 0.2) is 48.5 Å². The van der Waals surface area contributed by atoms with Gasteiger partial charge in [-0.25, -0.2) is 0 Å². The highest BCUT2D eigenvalue weighted by Gasteiger charge is 2.38. The first kappa shape index (κ1) is 19.2. The Morgan fingerprint density at radius 3 is 2.32 bits per heavy atom. The van der Waals surface area contributed by atoms with E-state index in [9.17, 15) is 24.5 Å². The summed E-state index contributed by atoms with van der Waals surface area (Å²) in [5.41, 5.74) is 0.640. The Morgan fingerprint density at radius 2 is 1.71 bits per heavy atom. The number of fused-ring (bicyclic) bond motifs is 1. The highest BCUT2D eigenvalue weighted by atomic mass is 16.6. The lowest BCUT2D eigenvalue weighted by Gasteiger charge is -2.24. The molecule has 0 saturated carbocycles. The molecule has 8 nitrogen and oxygen atoms in total. The van der Waals surface area contributed by atoms with Crippen LogP contribution in [0.3, 0.4) is 0 Å². The molecule has 0 saturated heterocycles. The van der Waals surface area contributed by atoms with Crippen molar-refractivity contribution in [1.29, 1.82) is 0 Å². The summed E-state index contributed by atoms with van der Waals surface area (Å²) in [6.45, 7) is 3.47. The molecular weight excluding hydrogens is 362 g/mol. The first-order valence-corrected chi connectivity index (χ1v) is 8.78. The number of nitrogens with zero attached hydrogens (tertiary/aromatic N) is 2. The van der Waals surface area contributed by atoms with Crippen molar-refractivity contribution in [3.63, 3.8) is 0 Å². The second-order valence-corrected chi connectivity index (χ2v) is 6.88. The molecule has 0 radical (unpaired) electrons. The first-order chi connectivity index (χ1) is 13.3. The lowest BCUT2D eigenvalue weighted by Crippen LogP contribution is -2.42. The molecule has 0 aliphatic carbocycles. The van der Waals surface area contributed by atoms with Gasteiger partial charge in [-0.05, 0) is 17.5 Å². The zero-order valence-electron chi connectivity index (χ0n) is 15.4. The Bertz CT molecular complexity index is 956. The minimum Gasteiger partial charge on any atom is -0.347 e. The SMILES string of the molecule is CC(C)C(NC(=O)CN1C(=O)c2ccc([N+](=O)[O-])cc2C1=O)c1ccccc1. The smallest absolute Gasteiger partial charge is 0.270 e. The van der Waals surface area contributed by atoms with E-state index in [-0.39, 0.29) is 28.8 Å². The van der Waals surface area contributed by atoms with Gasteiger partial charge in [-0.15, -0.1) is 0 Å². The van der Waals surface area contributed by atoms with E-state index >= 15 is 0 Å². The molecule has 2 aromatic carbocycles. The van der Waals surface area contributed by atoms with Gasteiger partial charge in [0.25, 0.3) is 17.5 Å². The molecule has 1 atom stereocenters. The molecule has 8 heteroatoms. The van der Waals surface area contributed by atoms with E-state index in [1.807, 2.05) is 44.2 Å². The van der Waals surface area contributed by atoms with Crippen LogP contribution in [0, 0.1) is 16.0 Å². The van der Waals surface area contributed by atoms with E-state index in [2.05, 4.69) is 5.32 Å². The van der Waals surface area contributed by atoms with Crippen molar-refractivity contribution in [2.45, 2.75) is 19.9 Å². The number of benzene rings is 2. The van der Waals surface area contributed by atoms with Crippen molar-refractivity contribution in [2.24, 2.45) is 5.92 Å². The average molecular weight is 381 g/mol. The molecule has 1 unspecified atom stereocenters. The Balaban J connectivity index is 1.76. The quantitative estimate of drug-likeness (QED) is 0.470. The predicted octanol–water partition coefficient (Wildman–Crippen LogP) is 2.70. The Hall–Kier alpha value is -3.55. The van der Waals surface area contributed by atoms with Crippen molar-refractivity contribution in [2.75, 3.05) is 6.54 Å². The number of amides is 3. The van der Waals surface area contributed by atoms with Crippen LogP contribution in [0.2, 0.25) is 0 Å². The van der Waals surface area contributed by atoms with Gasteiger partial charge in [0.1, 0.15) is 6.54 Å². The third kappa shape index (κ3) is 3.62. The highest BCUT2D eigenvalue weighted by Crippen LogP contribution is 2.27. The monoisotopic (exact) mass is 381 g/mol. The van der Waals surface area contributed by atoms with Gasteiger partial charge in [0.15, 0.2) is 0 Å². The van der Waals surface area contributed by atoms with Gasteiger partial charge in [0, 0.05) is 12.1 Å². The number of imide groups is 1. The van der Waals surface area contributed by atoms with Crippen LogP contribution in [0.25, 0.3) is 0 Å². The number of rotatable bonds is 6. The second kappa shape index (κ2) is 7.59. The summed E-state index contributed by atoms with van der Waals surface area (Å²) in [6.07, 6.45) is 0. The molecule has 1 aliphatic rings. The number of hydrogen-bond donors (Lipinski definition) is 1. The summed E-state index contributed by atoms with van der Waals surface area (Å²) in [5, 5.41) is 13.8. The van der Waals surface area contributed by atoms with Crippen molar-refractivity contribution < 1.29 is 19.3 Å². The van der Waals surface area contributed by atoms with Crippen LogP contribution in [-0.2, 0) is 4.79 Å².